The Morgan fingerprint density at radius 2 is 1.30 bits per heavy atom. The highest BCUT2D eigenvalue weighted by atomic mass is 79.9. The minimum absolute atomic E-state index is 0.157. The lowest BCUT2D eigenvalue weighted by atomic mass is 10.1. The fourth-order valence-electron chi connectivity index (χ4n) is 4.78. The van der Waals surface area contributed by atoms with E-state index in [0.29, 0.717) is 15.6 Å². The van der Waals surface area contributed by atoms with Gasteiger partial charge < -0.3 is 24.7 Å². The van der Waals surface area contributed by atoms with Crippen LogP contribution in [0.2, 0.25) is 0 Å². The molecule has 3 aromatic carbocycles. The number of halogens is 1. The van der Waals surface area contributed by atoms with E-state index in [2.05, 4.69) is 31.0 Å². The number of carbonyl (C=O) groups excluding carboxylic acids is 3. The van der Waals surface area contributed by atoms with E-state index < -0.39 is 42.4 Å². The maximum Gasteiger partial charge on any atom is 0.338 e. The predicted molar refractivity (Wildman–Crippen MR) is 159 cm³/mol. The molecule has 0 bridgehead atoms. The van der Waals surface area contributed by atoms with Crippen molar-refractivity contribution in [2.45, 2.75) is 24.5 Å². The van der Waals surface area contributed by atoms with Crippen LogP contribution in [0.5, 0.6) is 0 Å². The molecule has 3 heterocycles. The molecular weight excluding hydrogens is 634 g/mol. The highest BCUT2D eigenvalue weighted by Crippen LogP contribution is 2.38. The van der Waals surface area contributed by atoms with E-state index in [1.807, 2.05) is 0 Å². The lowest BCUT2D eigenvalue weighted by Gasteiger charge is -2.24. The number of fused-ring (bicyclic) bond motifs is 1. The van der Waals surface area contributed by atoms with Crippen LogP contribution >= 0.6 is 15.9 Å². The summed E-state index contributed by atoms with van der Waals surface area (Å²) in [6.45, 7) is -0.339. The largest absolute Gasteiger partial charge is 0.459 e. The van der Waals surface area contributed by atoms with Gasteiger partial charge in [0.1, 0.15) is 29.5 Å². The summed E-state index contributed by atoms with van der Waals surface area (Å²) >= 11 is 3.39. The topological polar surface area (TPSA) is 158 Å². The van der Waals surface area contributed by atoms with Crippen molar-refractivity contribution in [3.8, 4) is 0 Å². The number of nitrogens with two attached hydrogens (primary N) is 1. The Morgan fingerprint density at radius 1 is 0.773 bits per heavy atom. The normalized spacial score (nSPS) is 19.4. The van der Waals surface area contributed by atoms with Gasteiger partial charge in [0.05, 0.1) is 22.1 Å². The lowest BCUT2D eigenvalue weighted by Crippen LogP contribution is -2.41. The first-order valence-corrected chi connectivity index (χ1v) is 14.2. The molecule has 1 aliphatic heterocycles. The van der Waals surface area contributed by atoms with Gasteiger partial charge in [0.25, 0.3) is 0 Å². The number of esters is 3. The second kappa shape index (κ2) is 12.6. The van der Waals surface area contributed by atoms with Crippen LogP contribution in [0.4, 0.5) is 5.82 Å². The maximum absolute atomic E-state index is 13.4. The number of anilines is 1. The summed E-state index contributed by atoms with van der Waals surface area (Å²) in [5, 5.41) is 4.90. The molecule has 0 aliphatic carbocycles. The maximum atomic E-state index is 13.4. The van der Waals surface area contributed by atoms with Crippen molar-refractivity contribution < 1.29 is 33.3 Å². The number of nitrogens with zero attached hydrogens (tertiary/aromatic N) is 4. The standard InChI is InChI=1S/C31H24BrN5O7/c32-25-22-26(33)34-17-35-27(22)37(36-25)28-24(44-31(40)20-14-8-3-9-15-20)23(43-30(39)19-12-6-2-7-13-19)21(42-28)16-41-29(38)18-10-4-1-5-11-18/h1-15,17,21,23-24,28H,16H2,(H2,33,34,35)/t21-,23-,24-,28-/m1/s1. The molecule has 13 heteroatoms. The molecule has 222 valence electrons. The first-order chi connectivity index (χ1) is 21.4. The number of carbonyl (C=O) groups is 3. The number of nitrogen functional groups attached to an aromatic ring is 1. The Morgan fingerprint density at radius 3 is 1.86 bits per heavy atom. The molecule has 12 nitrogen and oxygen atoms in total. The summed E-state index contributed by atoms with van der Waals surface area (Å²) in [5.41, 5.74) is 7.20. The summed E-state index contributed by atoms with van der Waals surface area (Å²) < 4.78 is 25.5. The molecule has 6 rings (SSSR count). The van der Waals surface area contributed by atoms with E-state index in [9.17, 15) is 14.4 Å². The molecular formula is C31H24BrN5O7. The van der Waals surface area contributed by atoms with Gasteiger partial charge in [-0.1, -0.05) is 54.6 Å². The number of hydrogen-bond acceptors (Lipinski definition) is 11. The van der Waals surface area contributed by atoms with Crippen molar-refractivity contribution in [1.29, 1.82) is 0 Å². The highest BCUT2D eigenvalue weighted by molar-refractivity contribution is 9.10. The summed E-state index contributed by atoms with van der Waals surface area (Å²) in [7, 11) is 0. The van der Waals surface area contributed by atoms with Gasteiger partial charge in [0.2, 0.25) is 0 Å². The Hall–Kier alpha value is -5.14. The van der Waals surface area contributed by atoms with Crippen LogP contribution in [0.3, 0.4) is 0 Å². The molecule has 44 heavy (non-hydrogen) atoms. The third-order valence-electron chi connectivity index (χ3n) is 6.90. The minimum Gasteiger partial charge on any atom is -0.459 e. The molecule has 0 radical (unpaired) electrons. The SMILES string of the molecule is Nc1ncnc2c1c(Br)nn2[C@@H]1O[C@H](COC(=O)c2ccccc2)[C@@H](OC(=O)c2ccccc2)[C@H]1OC(=O)c1ccccc1. The number of benzene rings is 3. The molecule has 0 saturated carbocycles. The average Bonchev–Trinajstić information content (AvgIpc) is 3.57. The monoisotopic (exact) mass is 657 g/mol. The van der Waals surface area contributed by atoms with Gasteiger partial charge >= 0.3 is 17.9 Å². The van der Waals surface area contributed by atoms with Crippen molar-refractivity contribution >= 4 is 50.7 Å². The van der Waals surface area contributed by atoms with Crippen molar-refractivity contribution in [1.82, 2.24) is 19.7 Å². The van der Waals surface area contributed by atoms with Gasteiger partial charge in [0.15, 0.2) is 24.1 Å². The van der Waals surface area contributed by atoms with E-state index in [0.717, 1.165) is 0 Å². The van der Waals surface area contributed by atoms with E-state index in [1.54, 1.807) is 91.0 Å². The van der Waals surface area contributed by atoms with Crippen molar-refractivity contribution in [3.05, 3.63) is 119 Å². The fourth-order valence-corrected chi connectivity index (χ4v) is 5.34. The average molecular weight is 658 g/mol. The zero-order valence-electron chi connectivity index (χ0n) is 22.9. The Balaban J connectivity index is 1.39. The van der Waals surface area contributed by atoms with Crippen molar-refractivity contribution in [2.75, 3.05) is 12.3 Å². The third-order valence-corrected chi connectivity index (χ3v) is 7.45. The summed E-state index contributed by atoms with van der Waals surface area (Å²) in [4.78, 5) is 47.9. The molecule has 1 fully saturated rings. The second-order valence-corrected chi connectivity index (χ2v) is 10.4. The van der Waals surface area contributed by atoms with Crippen LogP contribution in [0.1, 0.15) is 37.3 Å². The molecule has 2 N–H and O–H groups in total. The van der Waals surface area contributed by atoms with Crippen LogP contribution in [-0.4, -0.2) is 62.6 Å². The van der Waals surface area contributed by atoms with Gasteiger partial charge in [-0.25, -0.2) is 29.0 Å². The van der Waals surface area contributed by atoms with E-state index >= 15 is 0 Å². The van der Waals surface area contributed by atoms with Crippen molar-refractivity contribution in [3.63, 3.8) is 0 Å². The van der Waals surface area contributed by atoms with E-state index in [-0.39, 0.29) is 29.2 Å². The smallest absolute Gasteiger partial charge is 0.338 e. The number of ether oxygens (including phenoxy) is 4. The fraction of sp³-hybridized carbons (Fsp3) is 0.161. The Bertz CT molecular complexity index is 1800. The summed E-state index contributed by atoms with van der Waals surface area (Å²) in [6.07, 6.45) is -3.50. The molecule has 0 unspecified atom stereocenters. The zero-order valence-corrected chi connectivity index (χ0v) is 24.4. The van der Waals surface area contributed by atoms with Crippen LogP contribution in [-0.2, 0) is 18.9 Å². The first kappa shape index (κ1) is 29.0. The molecule has 2 aromatic heterocycles. The van der Waals surface area contributed by atoms with Crippen LogP contribution in [0.25, 0.3) is 11.0 Å². The lowest BCUT2D eigenvalue weighted by molar-refractivity contribution is -0.0655. The molecule has 1 aliphatic rings. The van der Waals surface area contributed by atoms with Gasteiger partial charge in [-0.2, -0.15) is 5.10 Å². The van der Waals surface area contributed by atoms with Crippen LogP contribution in [0, 0.1) is 0 Å². The molecule has 0 spiro atoms. The highest BCUT2D eigenvalue weighted by Gasteiger charge is 2.52. The number of aromatic nitrogens is 4. The summed E-state index contributed by atoms with van der Waals surface area (Å²) in [6, 6.07) is 25.0. The Kier molecular flexibility index (Phi) is 8.30. The summed E-state index contributed by atoms with van der Waals surface area (Å²) in [5.74, 6) is -1.85. The van der Waals surface area contributed by atoms with Gasteiger partial charge in [-0.05, 0) is 52.3 Å². The quantitative estimate of drug-likeness (QED) is 0.186. The molecule has 1 saturated heterocycles. The van der Waals surface area contributed by atoms with Crippen LogP contribution in [0.15, 0.2) is 102 Å². The first-order valence-electron chi connectivity index (χ1n) is 13.4. The Labute approximate surface area is 258 Å². The predicted octanol–water partition coefficient (Wildman–Crippen LogP) is 4.38. The van der Waals surface area contributed by atoms with E-state index in [1.165, 1.54) is 11.0 Å². The van der Waals surface area contributed by atoms with Gasteiger partial charge in [-0.15, -0.1) is 0 Å². The third kappa shape index (κ3) is 5.87. The minimum atomic E-state index is -1.26. The molecule has 4 atom stereocenters. The van der Waals surface area contributed by atoms with Crippen LogP contribution < -0.4 is 5.73 Å². The zero-order chi connectivity index (χ0) is 30.6. The van der Waals surface area contributed by atoms with Gasteiger partial charge in [-0.3, -0.25) is 0 Å². The van der Waals surface area contributed by atoms with Gasteiger partial charge in [0, 0.05) is 0 Å². The second-order valence-electron chi connectivity index (χ2n) is 9.69. The number of hydrogen-bond donors (Lipinski definition) is 1. The molecule has 5 aromatic rings. The van der Waals surface area contributed by atoms with E-state index in [4.69, 9.17) is 24.7 Å². The van der Waals surface area contributed by atoms with Crippen molar-refractivity contribution in [2.24, 2.45) is 0 Å². The molecule has 0 amide bonds. The number of rotatable bonds is 8.